The molecule has 8 heavy (non-hydrogen) atoms. The van der Waals surface area contributed by atoms with Crippen LogP contribution < -0.4 is 11.2 Å². The normalized spacial score (nSPS) is 46.1. The lowest BCUT2D eigenvalue weighted by Crippen LogP contribution is -2.47. The minimum absolute atomic E-state index is 0.639. The molecule has 3 N–H and O–H groups in total. The smallest absolute Gasteiger partial charge is 0.0381 e. The maximum absolute atomic E-state index is 5.61. The molecule has 2 atom stereocenters. The monoisotopic (exact) mass is 113 g/mol. The highest BCUT2D eigenvalue weighted by molar-refractivity contribution is 4.94. The van der Waals surface area contributed by atoms with E-state index in [4.69, 9.17) is 5.84 Å². The Bertz CT molecular complexity index is 102. The Morgan fingerprint density at radius 3 is 2.75 bits per heavy atom. The van der Waals surface area contributed by atoms with Crippen molar-refractivity contribution in [3.05, 3.63) is 0 Å². The number of hydrogen-bond acceptors (Lipinski definition) is 3. The molecule has 0 aromatic heterocycles. The summed E-state index contributed by atoms with van der Waals surface area (Å²) in [7, 11) is 0. The van der Waals surface area contributed by atoms with E-state index in [2.05, 4.69) is 5.32 Å². The number of nitrogens with two attached hydrogens (primary N) is 1. The van der Waals surface area contributed by atoms with Gasteiger partial charge in [-0.05, 0) is 6.42 Å². The molecular formula is C5H11N3. The summed E-state index contributed by atoms with van der Waals surface area (Å²) >= 11 is 0. The molecule has 0 unspecified atom stereocenters. The van der Waals surface area contributed by atoms with E-state index in [1.165, 1.54) is 6.42 Å². The largest absolute Gasteiger partial charge is 0.311 e. The molecule has 3 nitrogen and oxygen atoms in total. The van der Waals surface area contributed by atoms with Gasteiger partial charge in [-0.2, -0.15) is 0 Å². The maximum Gasteiger partial charge on any atom is 0.0381 e. The Kier molecular flexibility index (Phi) is 0.848. The summed E-state index contributed by atoms with van der Waals surface area (Å²) in [5, 5.41) is 5.31. The quantitative estimate of drug-likeness (QED) is 0.392. The second-order valence-electron chi connectivity index (χ2n) is 2.69. The van der Waals surface area contributed by atoms with Crippen LogP contribution in [0.2, 0.25) is 0 Å². The van der Waals surface area contributed by atoms with Gasteiger partial charge in [-0.1, -0.05) is 0 Å². The van der Waals surface area contributed by atoms with Crippen LogP contribution in [0.1, 0.15) is 6.42 Å². The van der Waals surface area contributed by atoms with Crippen molar-refractivity contribution >= 4 is 0 Å². The first kappa shape index (κ1) is 4.73. The molecule has 3 heteroatoms. The minimum atomic E-state index is 0.639. The standard InChI is InChI=1S/C5H11N3/c6-8-3-4-1-5(8)2-7-4/h4-5,7H,1-3,6H2/t4-,5-/m1/s1. The lowest BCUT2D eigenvalue weighted by Gasteiger charge is -2.21. The second kappa shape index (κ2) is 1.43. The van der Waals surface area contributed by atoms with Crippen molar-refractivity contribution in [1.29, 1.82) is 0 Å². The van der Waals surface area contributed by atoms with E-state index in [0.717, 1.165) is 13.1 Å². The molecule has 2 saturated heterocycles. The van der Waals surface area contributed by atoms with Gasteiger partial charge in [0.2, 0.25) is 0 Å². The van der Waals surface area contributed by atoms with E-state index >= 15 is 0 Å². The van der Waals surface area contributed by atoms with Gasteiger partial charge in [0.15, 0.2) is 0 Å². The van der Waals surface area contributed by atoms with Crippen molar-refractivity contribution < 1.29 is 0 Å². The van der Waals surface area contributed by atoms with Gasteiger partial charge in [0, 0.05) is 25.2 Å². The fourth-order valence-corrected chi connectivity index (χ4v) is 1.59. The van der Waals surface area contributed by atoms with Crippen molar-refractivity contribution in [2.45, 2.75) is 18.5 Å². The molecule has 2 heterocycles. The van der Waals surface area contributed by atoms with Gasteiger partial charge >= 0.3 is 0 Å². The van der Waals surface area contributed by atoms with Crippen LogP contribution in [0.15, 0.2) is 0 Å². The number of nitrogens with zero attached hydrogens (tertiary/aromatic N) is 1. The zero-order chi connectivity index (χ0) is 5.56. The number of fused-ring (bicyclic) bond motifs is 2. The number of rotatable bonds is 0. The fourth-order valence-electron chi connectivity index (χ4n) is 1.59. The van der Waals surface area contributed by atoms with Crippen LogP contribution in [0.4, 0.5) is 0 Å². The Hall–Kier alpha value is -0.120. The molecule has 2 aliphatic rings. The van der Waals surface area contributed by atoms with Crippen molar-refractivity contribution in [1.82, 2.24) is 10.3 Å². The third-order valence-electron chi connectivity index (χ3n) is 2.10. The summed E-state index contributed by atoms with van der Waals surface area (Å²) in [5.74, 6) is 5.61. The van der Waals surface area contributed by atoms with Crippen LogP contribution in [0.25, 0.3) is 0 Å². The van der Waals surface area contributed by atoms with E-state index in [-0.39, 0.29) is 0 Å². The Labute approximate surface area is 48.8 Å². The number of hydrogen-bond donors (Lipinski definition) is 2. The van der Waals surface area contributed by atoms with Gasteiger partial charge in [-0.15, -0.1) is 0 Å². The molecule has 0 aliphatic carbocycles. The van der Waals surface area contributed by atoms with Crippen LogP contribution in [0, 0.1) is 0 Å². The van der Waals surface area contributed by atoms with Gasteiger partial charge < -0.3 is 5.32 Å². The van der Waals surface area contributed by atoms with Crippen molar-refractivity contribution in [3.8, 4) is 0 Å². The molecule has 0 aromatic rings. The first-order valence-corrected chi connectivity index (χ1v) is 3.11. The Balaban J connectivity index is 2.11. The summed E-state index contributed by atoms with van der Waals surface area (Å²) < 4.78 is 0. The van der Waals surface area contributed by atoms with Crippen LogP contribution in [0.3, 0.4) is 0 Å². The molecule has 2 fully saturated rings. The third kappa shape index (κ3) is 0.491. The number of nitrogens with one attached hydrogen (secondary N) is 1. The SMILES string of the molecule is NN1C[C@H]2C[C@@H]1CN2. The first-order valence-electron chi connectivity index (χ1n) is 3.11. The van der Waals surface area contributed by atoms with Crippen LogP contribution in [-0.2, 0) is 0 Å². The summed E-state index contributed by atoms with van der Waals surface area (Å²) in [5.41, 5.74) is 0. The van der Waals surface area contributed by atoms with E-state index in [9.17, 15) is 0 Å². The highest BCUT2D eigenvalue weighted by Crippen LogP contribution is 2.18. The summed E-state index contributed by atoms with van der Waals surface area (Å²) in [6.07, 6.45) is 1.26. The van der Waals surface area contributed by atoms with E-state index in [1.54, 1.807) is 0 Å². The zero-order valence-corrected chi connectivity index (χ0v) is 4.80. The van der Waals surface area contributed by atoms with Crippen LogP contribution >= 0.6 is 0 Å². The molecule has 0 amide bonds. The summed E-state index contributed by atoms with van der Waals surface area (Å²) in [4.78, 5) is 0. The Morgan fingerprint density at radius 2 is 2.50 bits per heavy atom. The molecule has 2 bridgehead atoms. The van der Waals surface area contributed by atoms with E-state index in [0.29, 0.717) is 12.1 Å². The predicted octanol–water partition coefficient (Wildman–Crippen LogP) is -1.09. The lowest BCUT2D eigenvalue weighted by molar-refractivity contribution is 0.232. The van der Waals surface area contributed by atoms with E-state index < -0.39 is 0 Å². The highest BCUT2D eigenvalue weighted by Gasteiger charge is 2.35. The molecule has 0 radical (unpaired) electrons. The molecule has 2 aliphatic heterocycles. The van der Waals surface area contributed by atoms with Crippen molar-refractivity contribution in [2.75, 3.05) is 13.1 Å². The fraction of sp³-hybridized carbons (Fsp3) is 1.00. The predicted molar refractivity (Wildman–Crippen MR) is 31.1 cm³/mol. The molecule has 46 valence electrons. The van der Waals surface area contributed by atoms with Gasteiger partial charge in [-0.25, -0.2) is 5.01 Å². The number of hydrazine groups is 1. The average molecular weight is 113 g/mol. The van der Waals surface area contributed by atoms with Crippen molar-refractivity contribution in [3.63, 3.8) is 0 Å². The average Bonchev–Trinajstić information content (AvgIpc) is 2.23. The third-order valence-corrected chi connectivity index (χ3v) is 2.10. The topological polar surface area (TPSA) is 41.3 Å². The van der Waals surface area contributed by atoms with Gasteiger partial charge in [0.25, 0.3) is 0 Å². The molecule has 0 aromatic carbocycles. The van der Waals surface area contributed by atoms with Crippen LogP contribution in [0.5, 0.6) is 0 Å². The van der Waals surface area contributed by atoms with Gasteiger partial charge in [-0.3, -0.25) is 5.84 Å². The van der Waals surface area contributed by atoms with Crippen LogP contribution in [-0.4, -0.2) is 30.2 Å². The minimum Gasteiger partial charge on any atom is -0.311 e. The van der Waals surface area contributed by atoms with Gasteiger partial charge in [0.1, 0.15) is 0 Å². The molecule has 2 rings (SSSR count). The summed E-state index contributed by atoms with van der Waals surface area (Å²) in [6, 6.07) is 1.34. The molecule has 0 spiro atoms. The highest BCUT2D eigenvalue weighted by atomic mass is 15.5. The van der Waals surface area contributed by atoms with Gasteiger partial charge in [0.05, 0.1) is 0 Å². The first-order chi connectivity index (χ1) is 3.86. The zero-order valence-electron chi connectivity index (χ0n) is 4.80. The number of piperazine rings is 1. The summed E-state index contributed by atoms with van der Waals surface area (Å²) in [6.45, 7) is 2.14. The van der Waals surface area contributed by atoms with Crippen molar-refractivity contribution in [2.24, 2.45) is 5.84 Å². The second-order valence-corrected chi connectivity index (χ2v) is 2.69. The Morgan fingerprint density at radius 1 is 1.62 bits per heavy atom. The molecular weight excluding hydrogens is 102 g/mol. The molecule has 0 saturated carbocycles. The lowest BCUT2D eigenvalue weighted by atomic mass is 10.2. The van der Waals surface area contributed by atoms with E-state index in [1.807, 2.05) is 5.01 Å². The maximum atomic E-state index is 5.61.